The Bertz CT molecular complexity index is 419. The molecule has 0 bridgehead atoms. The van der Waals surface area contributed by atoms with Gasteiger partial charge in [0.1, 0.15) is 10.7 Å². The summed E-state index contributed by atoms with van der Waals surface area (Å²) >= 11 is 3.34. The van der Waals surface area contributed by atoms with Crippen LogP contribution in [0.5, 0.6) is 0 Å². The molecule has 0 amide bonds. The Hall–Kier alpha value is -0.880. The number of unbranched alkanes of at least 4 members (excludes halogenated alkanes) is 2. The van der Waals surface area contributed by atoms with E-state index in [1.807, 2.05) is 13.8 Å². The average Bonchev–Trinajstić information content (AvgIpc) is 2.23. The highest BCUT2D eigenvalue weighted by molar-refractivity contribution is 9.10. The van der Waals surface area contributed by atoms with Crippen LogP contribution in [0.3, 0.4) is 0 Å². The van der Waals surface area contributed by atoms with Crippen molar-refractivity contribution in [2.75, 3.05) is 0 Å². The van der Waals surface area contributed by atoms with Crippen molar-refractivity contribution in [3.8, 4) is 6.07 Å². The van der Waals surface area contributed by atoms with Crippen LogP contribution in [0, 0.1) is 25.2 Å². The quantitative estimate of drug-likeness (QED) is 0.616. The zero-order valence-corrected chi connectivity index (χ0v) is 11.7. The van der Waals surface area contributed by atoms with Crippen molar-refractivity contribution in [3.05, 3.63) is 27.0 Å². The molecule has 0 atom stereocenters. The Balaban J connectivity index is 3.04. The summed E-state index contributed by atoms with van der Waals surface area (Å²) in [5.41, 5.74) is 4.04. The summed E-state index contributed by atoms with van der Waals surface area (Å²) < 4.78 is 0.671. The van der Waals surface area contributed by atoms with Crippen LogP contribution in [-0.4, -0.2) is 4.98 Å². The van der Waals surface area contributed by atoms with Gasteiger partial charge in [-0.1, -0.05) is 19.8 Å². The Morgan fingerprint density at radius 3 is 2.56 bits per heavy atom. The van der Waals surface area contributed by atoms with Gasteiger partial charge in [0.05, 0.1) is 5.56 Å². The predicted octanol–water partition coefficient (Wildman–Crippen LogP) is 4.07. The van der Waals surface area contributed by atoms with Crippen molar-refractivity contribution in [2.24, 2.45) is 0 Å². The van der Waals surface area contributed by atoms with Crippen LogP contribution in [0.2, 0.25) is 0 Å². The molecule has 0 radical (unpaired) electrons. The molecule has 0 aromatic carbocycles. The monoisotopic (exact) mass is 280 g/mol. The topological polar surface area (TPSA) is 36.7 Å². The van der Waals surface area contributed by atoms with E-state index < -0.39 is 0 Å². The maximum atomic E-state index is 9.07. The number of nitriles is 1. The van der Waals surface area contributed by atoms with Gasteiger partial charge in [0.2, 0.25) is 0 Å². The molecule has 1 aromatic rings. The van der Waals surface area contributed by atoms with Crippen LogP contribution in [0.15, 0.2) is 4.60 Å². The number of hydrogen-bond acceptors (Lipinski definition) is 2. The van der Waals surface area contributed by atoms with Crippen LogP contribution in [0.25, 0.3) is 0 Å². The summed E-state index contributed by atoms with van der Waals surface area (Å²) in [6.07, 6.45) is 4.65. The molecule has 3 heteroatoms. The fourth-order valence-corrected chi connectivity index (χ4v) is 2.55. The molecule has 0 aliphatic rings. The molecule has 1 heterocycles. The number of nitrogens with zero attached hydrogens (tertiary/aromatic N) is 2. The lowest BCUT2D eigenvalue weighted by Crippen LogP contribution is -2.01. The van der Waals surface area contributed by atoms with Crippen molar-refractivity contribution in [1.82, 2.24) is 4.98 Å². The Morgan fingerprint density at radius 1 is 1.31 bits per heavy atom. The molecule has 0 aliphatic heterocycles. The largest absolute Gasteiger partial charge is 0.245 e. The Morgan fingerprint density at radius 2 is 2.00 bits per heavy atom. The van der Waals surface area contributed by atoms with Gasteiger partial charge in [-0.3, -0.25) is 0 Å². The Labute approximate surface area is 106 Å². The number of rotatable bonds is 4. The van der Waals surface area contributed by atoms with E-state index in [2.05, 4.69) is 33.9 Å². The van der Waals surface area contributed by atoms with E-state index >= 15 is 0 Å². The third-order valence-corrected chi connectivity index (χ3v) is 3.45. The van der Waals surface area contributed by atoms with E-state index in [9.17, 15) is 0 Å². The fourth-order valence-electron chi connectivity index (χ4n) is 1.90. The zero-order valence-electron chi connectivity index (χ0n) is 10.1. The molecule has 0 N–H and O–H groups in total. The third kappa shape index (κ3) is 2.82. The van der Waals surface area contributed by atoms with Gasteiger partial charge in [-0.05, 0) is 53.7 Å². The Kier molecular flexibility index (Phi) is 4.95. The molecule has 1 aromatic heterocycles. The standard InChI is InChI=1S/C13H17BrN2/c1-4-5-6-7-11-9(2)12(8-15)13(14)16-10(11)3/h4-7H2,1-3H3. The lowest BCUT2D eigenvalue weighted by Gasteiger charge is -2.11. The number of aryl methyl sites for hydroxylation is 1. The van der Waals surface area contributed by atoms with Gasteiger partial charge in [0.15, 0.2) is 0 Å². The lowest BCUT2D eigenvalue weighted by molar-refractivity contribution is 0.710. The van der Waals surface area contributed by atoms with Crippen LogP contribution >= 0.6 is 15.9 Å². The molecule has 0 fully saturated rings. The van der Waals surface area contributed by atoms with Crippen molar-refractivity contribution in [1.29, 1.82) is 5.26 Å². The molecule has 2 nitrogen and oxygen atoms in total. The van der Waals surface area contributed by atoms with Gasteiger partial charge in [0, 0.05) is 5.69 Å². The van der Waals surface area contributed by atoms with Crippen molar-refractivity contribution < 1.29 is 0 Å². The first-order valence-corrected chi connectivity index (χ1v) is 6.46. The second-order valence-corrected chi connectivity index (χ2v) is 4.79. The average molecular weight is 281 g/mol. The van der Waals surface area contributed by atoms with E-state index in [1.54, 1.807) is 0 Å². The fraction of sp³-hybridized carbons (Fsp3) is 0.538. The highest BCUT2D eigenvalue weighted by atomic mass is 79.9. The van der Waals surface area contributed by atoms with Crippen molar-refractivity contribution in [2.45, 2.75) is 46.5 Å². The number of hydrogen-bond donors (Lipinski definition) is 0. The maximum Gasteiger partial charge on any atom is 0.124 e. The molecular weight excluding hydrogens is 264 g/mol. The van der Waals surface area contributed by atoms with Crippen LogP contribution in [-0.2, 0) is 6.42 Å². The SMILES string of the molecule is CCCCCc1c(C)nc(Br)c(C#N)c1C. The van der Waals surface area contributed by atoms with Crippen LogP contribution in [0.1, 0.15) is 48.6 Å². The van der Waals surface area contributed by atoms with Gasteiger partial charge in [-0.2, -0.15) is 5.26 Å². The molecular formula is C13H17BrN2. The van der Waals surface area contributed by atoms with Crippen molar-refractivity contribution in [3.63, 3.8) is 0 Å². The van der Waals surface area contributed by atoms with E-state index in [1.165, 1.54) is 24.8 Å². The molecule has 0 spiro atoms. The van der Waals surface area contributed by atoms with Gasteiger partial charge >= 0.3 is 0 Å². The minimum absolute atomic E-state index is 0.671. The van der Waals surface area contributed by atoms with Gasteiger partial charge in [-0.15, -0.1) is 0 Å². The van der Waals surface area contributed by atoms with E-state index in [0.29, 0.717) is 10.2 Å². The molecule has 16 heavy (non-hydrogen) atoms. The van der Waals surface area contributed by atoms with E-state index in [4.69, 9.17) is 5.26 Å². The highest BCUT2D eigenvalue weighted by Crippen LogP contribution is 2.24. The smallest absolute Gasteiger partial charge is 0.124 e. The van der Waals surface area contributed by atoms with Crippen LogP contribution in [0.4, 0.5) is 0 Å². The first kappa shape index (κ1) is 13.2. The van der Waals surface area contributed by atoms with Gasteiger partial charge in [-0.25, -0.2) is 4.98 Å². The van der Waals surface area contributed by atoms with Gasteiger partial charge in [0.25, 0.3) is 0 Å². The van der Waals surface area contributed by atoms with Crippen LogP contribution < -0.4 is 0 Å². The molecule has 1 rings (SSSR count). The first-order valence-electron chi connectivity index (χ1n) is 5.67. The summed E-state index contributed by atoms with van der Waals surface area (Å²) in [6.45, 7) is 6.22. The van der Waals surface area contributed by atoms with Gasteiger partial charge < -0.3 is 0 Å². The number of halogens is 1. The zero-order chi connectivity index (χ0) is 12.1. The highest BCUT2D eigenvalue weighted by Gasteiger charge is 2.12. The predicted molar refractivity (Wildman–Crippen MR) is 69.4 cm³/mol. The summed E-state index contributed by atoms with van der Waals surface area (Å²) in [5.74, 6) is 0. The second-order valence-electron chi connectivity index (χ2n) is 4.04. The molecule has 0 saturated carbocycles. The summed E-state index contributed by atoms with van der Waals surface area (Å²) in [4.78, 5) is 4.38. The first-order chi connectivity index (χ1) is 7.61. The summed E-state index contributed by atoms with van der Waals surface area (Å²) in [5, 5.41) is 9.07. The second kappa shape index (κ2) is 6.00. The number of aromatic nitrogens is 1. The van der Waals surface area contributed by atoms with E-state index in [-0.39, 0.29) is 0 Å². The molecule has 0 aliphatic carbocycles. The summed E-state index contributed by atoms with van der Waals surface area (Å²) in [7, 11) is 0. The molecule has 86 valence electrons. The maximum absolute atomic E-state index is 9.07. The minimum atomic E-state index is 0.671. The molecule has 0 unspecified atom stereocenters. The normalized spacial score (nSPS) is 10.2. The summed E-state index contributed by atoms with van der Waals surface area (Å²) in [6, 6.07) is 2.21. The minimum Gasteiger partial charge on any atom is -0.245 e. The third-order valence-electron chi connectivity index (χ3n) is 2.88. The van der Waals surface area contributed by atoms with Crippen molar-refractivity contribution >= 4 is 15.9 Å². The lowest BCUT2D eigenvalue weighted by atomic mass is 9.98. The number of pyridine rings is 1. The molecule has 0 saturated heterocycles. The van der Waals surface area contributed by atoms with E-state index in [0.717, 1.165) is 17.7 Å².